The van der Waals surface area contributed by atoms with Crippen LogP contribution in [0.2, 0.25) is 0 Å². The van der Waals surface area contributed by atoms with Crippen LogP contribution in [0.15, 0.2) is 24.3 Å². The lowest BCUT2D eigenvalue weighted by Crippen LogP contribution is -2.11. The highest BCUT2D eigenvalue weighted by Gasteiger charge is 2.12. The molecule has 3 heteroatoms. The number of phenolic OH excluding ortho intramolecular Hbond substituents is 1. The summed E-state index contributed by atoms with van der Waals surface area (Å²) in [6.45, 7) is 4.44. The molecular weight excluding hydrogens is 192 g/mol. The summed E-state index contributed by atoms with van der Waals surface area (Å²) >= 11 is 0. The van der Waals surface area contributed by atoms with Crippen LogP contribution in [0.4, 0.5) is 0 Å². The number of ether oxygens (including phenoxy) is 1. The molecular formula is C12H16O3. The average Bonchev–Trinajstić information content (AvgIpc) is 2.26. The zero-order valence-corrected chi connectivity index (χ0v) is 9.06. The number of carbonyl (C=O) groups is 1. The minimum absolute atomic E-state index is 0.0355. The summed E-state index contributed by atoms with van der Waals surface area (Å²) in [5.74, 6) is -0.153. The maximum absolute atomic E-state index is 11.5. The van der Waals surface area contributed by atoms with Gasteiger partial charge in [-0.3, -0.25) is 0 Å². The van der Waals surface area contributed by atoms with Gasteiger partial charge in [-0.15, -0.1) is 0 Å². The van der Waals surface area contributed by atoms with Gasteiger partial charge < -0.3 is 9.84 Å². The molecule has 3 nitrogen and oxygen atoms in total. The standard InChI is InChI=1S/C12H16O3/c1-3-9(2)8-15-12(14)10-6-4-5-7-11(10)13/h4-7,9,13H,3,8H2,1-2H3/t9-/m1/s1. The molecule has 0 aliphatic heterocycles. The fraction of sp³-hybridized carbons (Fsp3) is 0.417. The van der Waals surface area contributed by atoms with E-state index >= 15 is 0 Å². The second-order valence-electron chi connectivity index (χ2n) is 3.63. The minimum Gasteiger partial charge on any atom is -0.507 e. The molecule has 0 aromatic heterocycles. The molecule has 0 amide bonds. The molecule has 1 rings (SSSR count). The van der Waals surface area contributed by atoms with Crippen molar-refractivity contribution in [3.8, 4) is 5.75 Å². The van der Waals surface area contributed by atoms with Crippen LogP contribution >= 0.6 is 0 Å². The van der Waals surface area contributed by atoms with Gasteiger partial charge in [0.1, 0.15) is 11.3 Å². The van der Waals surface area contributed by atoms with Crippen LogP contribution in [0.1, 0.15) is 30.6 Å². The zero-order valence-electron chi connectivity index (χ0n) is 9.06. The first-order valence-corrected chi connectivity index (χ1v) is 5.10. The van der Waals surface area contributed by atoms with Gasteiger partial charge in [-0.05, 0) is 18.1 Å². The molecule has 1 atom stereocenters. The number of aromatic hydroxyl groups is 1. The number of benzene rings is 1. The first-order valence-electron chi connectivity index (χ1n) is 5.10. The number of hydrogen-bond acceptors (Lipinski definition) is 3. The lowest BCUT2D eigenvalue weighted by Gasteiger charge is -2.09. The van der Waals surface area contributed by atoms with Crippen molar-refractivity contribution in [1.29, 1.82) is 0 Å². The van der Waals surface area contributed by atoms with Crippen molar-refractivity contribution in [2.24, 2.45) is 5.92 Å². The second kappa shape index (κ2) is 5.39. The van der Waals surface area contributed by atoms with Gasteiger partial charge in [0.15, 0.2) is 0 Å². The number of rotatable bonds is 4. The van der Waals surface area contributed by atoms with E-state index in [1.807, 2.05) is 13.8 Å². The maximum atomic E-state index is 11.5. The zero-order chi connectivity index (χ0) is 11.3. The van der Waals surface area contributed by atoms with E-state index in [4.69, 9.17) is 4.74 Å². The van der Waals surface area contributed by atoms with Crippen molar-refractivity contribution in [1.82, 2.24) is 0 Å². The Kier molecular flexibility index (Phi) is 4.16. The predicted octanol–water partition coefficient (Wildman–Crippen LogP) is 2.60. The Labute approximate surface area is 89.7 Å². The smallest absolute Gasteiger partial charge is 0.341 e. The lowest BCUT2D eigenvalue weighted by atomic mass is 10.1. The molecule has 82 valence electrons. The third kappa shape index (κ3) is 3.27. The Morgan fingerprint density at radius 2 is 2.13 bits per heavy atom. The van der Waals surface area contributed by atoms with Crippen molar-refractivity contribution in [2.45, 2.75) is 20.3 Å². The summed E-state index contributed by atoms with van der Waals surface area (Å²) in [5.41, 5.74) is 0.223. The van der Waals surface area contributed by atoms with Crippen LogP contribution in [-0.2, 0) is 4.74 Å². The largest absolute Gasteiger partial charge is 0.507 e. The van der Waals surface area contributed by atoms with E-state index in [9.17, 15) is 9.90 Å². The molecule has 0 fully saturated rings. The van der Waals surface area contributed by atoms with Crippen LogP contribution < -0.4 is 0 Å². The summed E-state index contributed by atoms with van der Waals surface area (Å²) < 4.78 is 5.06. The lowest BCUT2D eigenvalue weighted by molar-refractivity contribution is 0.0444. The highest BCUT2D eigenvalue weighted by atomic mass is 16.5. The Balaban J connectivity index is 2.58. The minimum atomic E-state index is -0.464. The number of hydrogen-bond donors (Lipinski definition) is 1. The molecule has 0 saturated carbocycles. The predicted molar refractivity (Wildman–Crippen MR) is 57.8 cm³/mol. The Morgan fingerprint density at radius 1 is 1.47 bits per heavy atom. The van der Waals surface area contributed by atoms with Crippen LogP contribution in [0.3, 0.4) is 0 Å². The summed E-state index contributed by atoms with van der Waals surface area (Å²) in [7, 11) is 0. The van der Waals surface area contributed by atoms with E-state index in [0.717, 1.165) is 6.42 Å². The van der Waals surface area contributed by atoms with E-state index in [-0.39, 0.29) is 11.3 Å². The van der Waals surface area contributed by atoms with Gasteiger partial charge in [0.25, 0.3) is 0 Å². The van der Waals surface area contributed by atoms with E-state index < -0.39 is 5.97 Å². The van der Waals surface area contributed by atoms with Gasteiger partial charge in [0, 0.05) is 0 Å². The fourth-order valence-corrected chi connectivity index (χ4v) is 1.06. The number of phenols is 1. The monoisotopic (exact) mass is 208 g/mol. The van der Waals surface area contributed by atoms with Gasteiger partial charge in [-0.2, -0.15) is 0 Å². The molecule has 0 spiro atoms. The number of carbonyl (C=O) groups excluding carboxylic acids is 1. The van der Waals surface area contributed by atoms with Crippen LogP contribution in [0.25, 0.3) is 0 Å². The third-order valence-corrected chi connectivity index (χ3v) is 2.32. The SMILES string of the molecule is CC[C@@H](C)COC(=O)c1ccccc1O. The van der Waals surface area contributed by atoms with E-state index in [1.165, 1.54) is 6.07 Å². The third-order valence-electron chi connectivity index (χ3n) is 2.32. The molecule has 0 heterocycles. The Hall–Kier alpha value is -1.51. The quantitative estimate of drug-likeness (QED) is 0.773. The molecule has 1 aromatic rings. The van der Waals surface area contributed by atoms with Crippen LogP contribution in [0, 0.1) is 5.92 Å². The fourth-order valence-electron chi connectivity index (χ4n) is 1.06. The highest BCUT2D eigenvalue weighted by molar-refractivity contribution is 5.92. The molecule has 1 aromatic carbocycles. The molecule has 1 N–H and O–H groups in total. The second-order valence-corrected chi connectivity index (χ2v) is 3.63. The first kappa shape index (κ1) is 11.6. The first-order chi connectivity index (χ1) is 7.15. The van der Waals surface area contributed by atoms with Crippen molar-refractivity contribution in [2.75, 3.05) is 6.61 Å². The normalized spacial score (nSPS) is 12.1. The van der Waals surface area contributed by atoms with Crippen LogP contribution in [0.5, 0.6) is 5.75 Å². The van der Waals surface area contributed by atoms with Crippen molar-refractivity contribution < 1.29 is 14.6 Å². The highest BCUT2D eigenvalue weighted by Crippen LogP contribution is 2.17. The summed E-state index contributed by atoms with van der Waals surface area (Å²) in [6.07, 6.45) is 0.966. The van der Waals surface area contributed by atoms with Crippen LogP contribution in [-0.4, -0.2) is 17.7 Å². The average molecular weight is 208 g/mol. The van der Waals surface area contributed by atoms with Gasteiger partial charge in [0.05, 0.1) is 6.61 Å². The molecule has 0 bridgehead atoms. The van der Waals surface area contributed by atoms with Crippen molar-refractivity contribution in [3.63, 3.8) is 0 Å². The van der Waals surface area contributed by atoms with Gasteiger partial charge in [0.2, 0.25) is 0 Å². The van der Waals surface area contributed by atoms with E-state index in [2.05, 4.69) is 0 Å². The summed E-state index contributed by atoms with van der Waals surface area (Å²) in [5, 5.41) is 9.40. The van der Waals surface area contributed by atoms with Gasteiger partial charge in [-0.25, -0.2) is 4.79 Å². The van der Waals surface area contributed by atoms with Crippen molar-refractivity contribution in [3.05, 3.63) is 29.8 Å². The van der Waals surface area contributed by atoms with E-state index in [0.29, 0.717) is 12.5 Å². The summed E-state index contributed by atoms with van der Waals surface area (Å²) in [6, 6.07) is 6.38. The molecule has 0 radical (unpaired) electrons. The maximum Gasteiger partial charge on any atom is 0.341 e. The number of esters is 1. The Bertz CT molecular complexity index is 333. The Morgan fingerprint density at radius 3 is 2.73 bits per heavy atom. The molecule has 0 aliphatic rings. The molecule has 0 aliphatic carbocycles. The van der Waals surface area contributed by atoms with Crippen molar-refractivity contribution >= 4 is 5.97 Å². The van der Waals surface area contributed by atoms with Gasteiger partial charge >= 0.3 is 5.97 Å². The summed E-state index contributed by atoms with van der Waals surface area (Å²) in [4.78, 5) is 11.5. The molecule has 15 heavy (non-hydrogen) atoms. The number of para-hydroxylation sites is 1. The van der Waals surface area contributed by atoms with E-state index in [1.54, 1.807) is 18.2 Å². The molecule has 0 saturated heterocycles. The topological polar surface area (TPSA) is 46.5 Å². The van der Waals surface area contributed by atoms with Gasteiger partial charge in [-0.1, -0.05) is 32.4 Å². The molecule has 0 unspecified atom stereocenters.